The van der Waals surface area contributed by atoms with Crippen LogP contribution in [0.2, 0.25) is 0 Å². The maximum atomic E-state index is 11.1. The lowest BCUT2D eigenvalue weighted by molar-refractivity contribution is -0.139. The number of esters is 1. The second-order valence-corrected chi connectivity index (χ2v) is 5.84. The van der Waals surface area contributed by atoms with Crippen molar-refractivity contribution in [2.24, 2.45) is 11.8 Å². The van der Waals surface area contributed by atoms with E-state index in [4.69, 9.17) is 4.74 Å². The number of unbranched alkanes of at least 4 members (excludes halogenated alkanes) is 1. The molecule has 2 heteroatoms. The van der Waals surface area contributed by atoms with Gasteiger partial charge in [-0.1, -0.05) is 53.0 Å². The first kappa shape index (κ1) is 17.2. The smallest absolute Gasteiger partial charge is 0.333 e. The molecule has 106 valence electrons. The molecule has 0 fully saturated rings. The minimum atomic E-state index is -0.264. The molecule has 0 amide bonds. The number of rotatable bonds is 10. The third-order valence-electron chi connectivity index (χ3n) is 3.15. The lowest BCUT2D eigenvalue weighted by Gasteiger charge is -2.12. The summed E-state index contributed by atoms with van der Waals surface area (Å²) in [5.41, 5.74) is 0.483. The van der Waals surface area contributed by atoms with Gasteiger partial charge < -0.3 is 4.74 Å². The monoisotopic (exact) mass is 254 g/mol. The average Bonchev–Trinajstić information content (AvgIpc) is 2.27. The topological polar surface area (TPSA) is 26.3 Å². The fourth-order valence-corrected chi connectivity index (χ4v) is 1.90. The first-order valence-electron chi connectivity index (χ1n) is 7.26. The van der Waals surface area contributed by atoms with Crippen molar-refractivity contribution >= 4 is 5.97 Å². The van der Waals surface area contributed by atoms with Crippen LogP contribution in [0.25, 0.3) is 0 Å². The fraction of sp³-hybridized carbons (Fsp3) is 0.812. The Kier molecular flexibility index (Phi) is 9.72. The third kappa shape index (κ3) is 10.4. The van der Waals surface area contributed by atoms with Gasteiger partial charge in [0.2, 0.25) is 0 Å². The molecule has 0 aromatic carbocycles. The Morgan fingerprint density at radius 1 is 1.06 bits per heavy atom. The normalized spacial score (nSPS) is 12.5. The van der Waals surface area contributed by atoms with Gasteiger partial charge in [0, 0.05) is 5.57 Å². The number of carbonyl (C=O) groups is 1. The second kappa shape index (κ2) is 10.2. The molecule has 0 saturated carbocycles. The fourth-order valence-electron chi connectivity index (χ4n) is 1.90. The molecule has 0 aromatic heterocycles. The van der Waals surface area contributed by atoms with Gasteiger partial charge in [-0.25, -0.2) is 4.79 Å². The van der Waals surface area contributed by atoms with Gasteiger partial charge in [0.25, 0.3) is 0 Å². The summed E-state index contributed by atoms with van der Waals surface area (Å²) in [6, 6.07) is 0. The van der Waals surface area contributed by atoms with Gasteiger partial charge in [-0.3, -0.25) is 0 Å². The van der Waals surface area contributed by atoms with Crippen molar-refractivity contribution in [2.45, 2.75) is 66.2 Å². The van der Waals surface area contributed by atoms with E-state index in [2.05, 4.69) is 27.4 Å². The molecule has 1 unspecified atom stereocenters. The van der Waals surface area contributed by atoms with E-state index in [-0.39, 0.29) is 5.97 Å². The zero-order valence-corrected chi connectivity index (χ0v) is 12.6. The predicted octanol–water partition coefficient (Wildman–Crippen LogP) is 4.74. The van der Waals surface area contributed by atoms with Gasteiger partial charge in [0.15, 0.2) is 0 Å². The molecule has 0 radical (unpaired) electrons. The van der Waals surface area contributed by atoms with Gasteiger partial charge in [-0.05, 0) is 31.6 Å². The van der Waals surface area contributed by atoms with E-state index in [1.54, 1.807) is 6.92 Å². The zero-order valence-electron chi connectivity index (χ0n) is 12.6. The molecule has 0 bridgehead atoms. The molecule has 0 N–H and O–H groups in total. The summed E-state index contributed by atoms with van der Waals surface area (Å²) >= 11 is 0. The van der Waals surface area contributed by atoms with E-state index in [1.165, 1.54) is 25.7 Å². The summed E-state index contributed by atoms with van der Waals surface area (Å²) in [6.45, 7) is 12.6. The van der Waals surface area contributed by atoms with E-state index in [0.717, 1.165) is 24.7 Å². The van der Waals surface area contributed by atoms with Crippen LogP contribution in [0.3, 0.4) is 0 Å². The van der Waals surface area contributed by atoms with Crippen molar-refractivity contribution < 1.29 is 9.53 Å². The second-order valence-electron chi connectivity index (χ2n) is 5.84. The zero-order chi connectivity index (χ0) is 14.0. The minimum absolute atomic E-state index is 0.264. The van der Waals surface area contributed by atoms with Crippen molar-refractivity contribution in [2.75, 3.05) is 6.61 Å². The predicted molar refractivity (Wildman–Crippen MR) is 77.5 cm³/mol. The Labute approximate surface area is 113 Å². The summed E-state index contributed by atoms with van der Waals surface area (Å²) < 4.78 is 5.06. The Morgan fingerprint density at radius 2 is 1.67 bits per heavy atom. The van der Waals surface area contributed by atoms with Crippen LogP contribution in [0.4, 0.5) is 0 Å². The lowest BCUT2D eigenvalue weighted by atomic mass is 9.95. The van der Waals surface area contributed by atoms with Crippen LogP contribution in [0, 0.1) is 11.8 Å². The highest BCUT2D eigenvalue weighted by atomic mass is 16.5. The van der Waals surface area contributed by atoms with E-state index < -0.39 is 0 Å². The van der Waals surface area contributed by atoms with Crippen molar-refractivity contribution in [1.82, 2.24) is 0 Å². The van der Waals surface area contributed by atoms with Crippen LogP contribution in [-0.4, -0.2) is 12.6 Å². The summed E-state index contributed by atoms with van der Waals surface area (Å²) in [7, 11) is 0. The van der Waals surface area contributed by atoms with Crippen LogP contribution in [-0.2, 0) is 9.53 Å². The molecule has 0 aliphatic rings. The van der Waals surface area contributed by atoms with Crippen molar-refractivity contribution in [1.29, 1.82) is 0 Å². The maximum Gasteiger partial charge on any atom is 0.333 e. The van der Waals surface area contributed by atoms with Crippen LogP contribution in [0.5, 0.6) is 0 Å². The molecule has 2 nitrogen and oxygen atoms in total. The van der Waals surface area contributed by atoms with Gasteiger partial charge in [0.05, 0.1) is 6.61 Å². The van der Waals surface area contributed by atoms with Crippen molar-refractivity contribution in [3.63, 3.8) is 0 Å². The highest BCUT2D eigenvalue weighted by Crippen LogP contribution is 2.17. The van der Waals surface area contributed by atoms with Crippen LogP contribution < -0.4 is 0 Å². The molecular weight excluding hydrogens is 224 g/mol. The summed E-state index contributed by atoms with van der Waals surface area (Å²) in [6.07, 6.45) is 7.34. The molecule has 0 rings (SSSR count). The van der Waals surface area contributed by atoms with E-state index in [1.807, 2.05) is 0 Å². The lowest BCUT2D eigenvalue weighted by Crippen LogP contribution is -2.06. The molecule has 0 aliphatic heterocycles. The number of hydrogen-bond donors (Lipinski definition) is 0. The van der Waals surface area contributed by atoms with Gasteiger partial charge in [-0.2, -0.15) is 0 Å². The summed E-state index contributed by atoms with van der Waals surface area (Å²) in [5.74, 6) is 1.35. The molecule has 0 heterocycles. The number of hydrogen-bond acceptors (Lipinski definition) is 2. The first-order valence-corrected chi connectivity index (χ1v) is 7.26. The summed E-state index contributed by atoms with van der Waals surface area (Å²) in [5, 5.41) is 0. The molecule has 0 aliphatic carbocycles. The Morgan fingerprint density at radius 3 is 2.22 bits per heavy atom. The standard InChI is InChI=1S/C16H30O2/c1-13(2)9-8-11-15(5)10-6-7-12-18-16(17)14(3)4/h13,15H,3,6-12H2,1-2,4-5H3. The Hall–Kier alpha value is -0.790. The van der Waals surface area contributed by atoms with Crippen molar-refractivity contribution in [3.8, 4) is 0 Å². The third-order valence-corrected chi connectivity index (χ3v) is 3.15. The van der Waals surface area contributed by atoms with Crippen LogP contribution in [0.15, 0.2) is 12.2 Å². The average molecular weight is 254 g/mol. The van der Waals surface area contributed by atoms with Crippen LogP contribution >= 0.6 is 0 Å². The molecule has 18 heavy (non-hydrogen) atoms. The minimum Gasteiger partial charge on any atom is -0.462 e. The number of carbonyl (C=O) groups excluding carboxylic acids is 1. The Balaban J connectivity index is 3.37. The maximum absolute atomic E-state index is 11.1. The van der Waals surface area contributed by atoms with Gasteiger partial charge in [-0.15, -0.1) is 0 Å². The number of ether oxygens (including phenoxy) is 1. The quantitative estimate of drug-likeness (QED) is 0.320. The molecule has 0 spiro atoms. The first-order chi connectivity index (χ1) is 8.43. The van der Waals surface area contributed by atoms with Gasteiger partial charge in [0.1, 0.15) is 0 Å². The summed E-state index contributed by atoms with van der Waals surface area (Å²) in [4.78, 5) is 11.1. The highest BCUT2D eigenvalue weighted by molar-refractivity contribution is 5.86. The molecule has 0 saturated heterocycles. The van der Waals surface area contributed by atoms with E-state index in [0.29, 0.717) is 12.2 Å². The SMILES string of the molecule is C=C(C)C(=O)OCCCCC(C)CCCC(C)C. The van der Waals surface area contributed by atoms with Crippen LogP contribution in [0.1, 0.15) is 66.2 Å². The highest BCUT2D eigenvalue weighted by Gasteiger charge is 2.05. The molecule has 0 aromatic rings. The van der Waals surface area contributed by atoms with E-state index in [9.17, 15) is 4.79 Å². The molecule has 1 atom stereocenters. The van der Waals surface area contributed by atoms with Crippen molar-refractivity contribution in [3.05, 3.63) is 12.2 Å². The largest absolute Gasteiger partial charge is 0.462 e. The Bertz CT molecular complexity index is 243. The van der Waals surface area contributed by atoms with Gasteiger partial charge >= 0.3 is 5.97 Å². The molecular formula is C16H30O2. The van der Waals surface area contributed by atoms with E-state index >= 15 is 0 Å².